The van der Waals surface area contributed by atoms with Gasteiger partial charge in [0.25, 0.3) is 5.91 Å². The first kappa shape index (κ1) is 12.8. The van der Waals surface area contributed by atoms with E-state index in [1.54, 1.807) is 12.3 Å². The summed E-state index contributed by atoms with van der Waals surface area (Å²) in [5.74, 6) is -0.545. The average molecular weight is 251 g/mol. The van der Waals surface area contributed by atoms with E-state index in [-0.39, 0.29) is 24.4 Å². The summed E-state index contributed by atoms with van der Waals surface area (Å²) in [6.45, 7) is 3.13. The number of hydrogen-bond donors (Lipinski definition) is 2. The van der Waals surface area contributed by atoms with Crippen LogP contribution in [0.15, 0.2) is 18.3 Å². The minimum absolute atomic E-state index is 0.0169. The van der Waals surface area contributed by atoms with Crippen molar-refractivity contribution >= 4 is 11.6 Å². The molecule has 6 nitrogen and oxygen atoms in total. The lowest BCUT2D eigenvalue weighted by molar-refractivity contribution is -0.0103. The summed E-state index contributed by atoms with van der Waals surface area (Å²) in [4.78, 5) is 17.1. The number of aromatic nitrogens is 1. The number of carbonyl (C=O) groups is 1. The molecule has 1 fully saturated rings. The third kappa shape index (κ3) is 2.60. The Bertz CT molecular complexity index is 438. The number of hydrogen-bond acceptors (Lipinski definition) is 5. The molecule has 0 saturated carbocycles. The van der Waals surface area contributed by atoms with E-state index in [1.807, 2.05) is 13.0 Å². The average Bonchev–Trinajstić information content (AvgIpc) is 2.39. The normalized spacial score (nSPS) is 24.0. The molecule has 1 amide bonds. The van der Waals surface area contributed by atoms with Crippen LogP contribution in [0.25, 0.3) is 0 Å². The Hall–Kier alpha value is -1.66. The second-order valence-electron chi connectivity index (χ2n) is 4.40. The van der Waals surface area contributed by atoms with Crippen molar-refractivity contribution in [2.45, 2.75) is 19.1 Å². The van der Waals surface area contributed by atoms with Crippen LogP contribution in [0, 0.1) is 0 Å². The van der Waals surface area contributed by atoms with E-state index < -0.39 is 5.91 Å². The molecule has 1 aliphatic heterocycles. The Morgan fingerprint density at radius 2 is 2.50 bits per heavy atom. The first-order valence-corrected chi connectivity index (χ1v) is 5.86. The van der Waals surface area contributed by atoms with E-state index in [9.17, 15) is 4.79 Å². The number of ether oxygens (including phenoxy) is 1. The lowest BCUT2D eigenvalue weighted by Crippen LogP contribution is -2.49. The third-order valence-corrected chi connectivity index (χ3v) is 3.04. The Labute approximate surface area is 105 Å². The first-order valence-electron chi connectivity index (χ1n) is 5.86. The summed E-state index contributed by atoms with van der Waals surface area (Å²) in [5, 5.41) is 9.15. The van der Waals surface area contributed by atoms with Gasteiger partial charge in [-0.05, 0) is 19.1 Å². The lowest BCUT2D eigenvalue weighted by Gasteiger charge is -2.39. The molecule has 3 N–H and O–H groups in total. The minimum atomic E-state index is -0.545. The number of carbonyl (C=O) groups excluding carboxylic acids is 1. The Morgan fingerprint density at radius 3 is 3.17 bits per heavy atom. The number of pyridine rings is 1. The van der Waals surface area contributed by atoms with Gasteiger partial charge in [-0.1, -0.05) is 0 Å². The Balaban J connectivity index is 2.23. The van der Waals surface area contributed by atoms with Crippen molar-refractivity contribution in [1.82, 2.24) is 4.98 Å². The Kier molecular flexibility index (Phi) is 3.78. The highest BCUT2D eigenvalue weighted by atomic mass is 16.5. The SMILES string of the molecule is CC1COC(CO)CN1c1ccnc(C(N)=O)c1. The zero-order chi connectivity index (χ0) is 13.1. The molecule has 2 heterocycles. The molecule has 0 aromatic carbocycles. The van der Waals surface area contributed by atoms with Crippen LogP contribution in [0.1, 0.15) is 17.4 Å². The van der Waals surface area contributed by atoms with Crippen molar-refractivity contribution in [3.05, 3.63) is 24.0 Å². The fourth-order valence-corrected chi connectivity index (χ4v) is 2.02. The van der Waals surface area contributed by atoms with Gasteiger partial charge in [-0.25, -0.2) is 0 Å². The minimum Gasteiger partial charge on any atom is -0.394 e. The van der Waals surface area contributed by atoms with E-state index in [4.69, 9.17) is 15.6 Å². The standard InChI is InChI=1S/C12H17N3O3/c1-8-7-18-10(6-16)5-15(8)9-2-3-14-11(4-9)12(13)17/h2-4,8,10,16H,5-7H2,1H3,(H2,13,17). The van der Waals surface area contributed by atoms with Crippen LogP contribution in [0.5, 0.6) is 0 Å². The van der Waals surface area contributed by atoms with Crippen LogP contribution in [-0.2, 0) is 4.74 Å². The van der Waals surface area contributed by atoms with Gasteiger partial charge in [-0.2, -0.15) is 0 Å². The van der Waals surface area contributed by atoms with Crippen molar-refractivity contribution in [3.63, 3.8) is 0 Å². The number of amides is 1. The van der Waals surface area contributed by atoms with E-state index in [0.29, 0.717) is 13.2 Å². The molecule has 0 aliphatic carbocycles. The van der Waals surface area contributed by atoms with Crippen LogP contribution >= 0.6 is 0 Å². The molecule has 1 saturated heterocycles. The highest BCUT2D eigenvalue weighted by molar-refractivity contribution is 5.91. The predicted octanol–water partition coefficient (Wildman–Crippen LogP) is -0.234. The monoisotopic (exact) mass is 251 g/mol. The maximum atomic E-state index is 11.1. The second kappa shape index (κ2) is 5.32. The highest BCUT2D eigenvalue weighted by Crippen LogP contribution is 2.21. The predicted molar refractivity (Wildman–Crippen MR) is 66.4 cm³/mol. The second-order valence-corrected chi connectivity index (χ2v) is 4.40. The van der Waals surface area contributed by atoms with Gasteiger partial charge in [-0.3, -0.25) is 9.78 Å². The van der Waals surface area contributed by atoms with E-state index in [0.717, 1.165) is 5.69 Å². The molecular weight excluding hydrogens is 234 g/mol. The molecule has 98 valence electrons. The molecule has 0 spiro atoms. The molecule has 2 atom stereocenters. The number of aliphatic hydroxyl groups is 1. The number of nitrogens with zero attached hydrogens (tertiary/aromatic N) is 2. The molecule has 18 heavy (non-hydrogen) atoms. The zero-order valence-electron chi connectivity index (χ0n) is 10.2. The number of aliphatic hydroxyl groups excluding tert-OH is 1. The van der Waals surface area contributed by atoms with E-state index >= 15 is 0 Å². The van der Waals surface area contributed by atoms with Crippen LogP contribution in [-0.4, -0.2) is 47.9 Å². The van der Waals surface area contributed by atoms with Gasteiger partial charge in [0.15, 0.2) is 0 Å². The maximum Gasteiger partial charge on any atom is 0.267 e. The molecule has 6 heteroatoms. The largest absolute Gasteiger partial charge is 0.394 e. The van der Waals surface area contributed by atoms with Crippen molar-refractivity contribution < 1.29 is 14.6 Å². The molecule has 2 rings (SSSR count). The van der Waals surface area contributed by atoms with Crippen molar-refractivity contribution in [1.29, 1.82) is 0 Å². The summed E-state index contributed by atoms with van der Waals surface area (Å²) < 4.78 is 5.47. The van der Waals surface area contributed by atoms with Gasteiger partial charge in [0.1, 0.15) is 5.69 Å². The summed E-state index contributed by atoms with van der Waals surface area (Å²) >= 11 is 0. The van der Waals surface area contributed by atoms with Gasteiger partial charge in [0.05, 0.1) is 19.3 Å². The van der Waals surface area contributed by atoms with Crippen molar-refractivity contribution in [3.8, 4) is 0 Å². The summed E-state index contributed by atoms with van der Waals surface area (Å²) in [5.41, 5.74) is 6.33. The maximum absolute atomic E-state index is 11.1. The summed E-state index contributed by atoms with van der Waals surface area (Å²) in [6, 6.07) is 3.66. The van der Waals surface area contributed by atoms with Crippen molar-refractivity contribution in [2.24, 2.45) is 5.73 Å². The number of morpholine rings is 1. The molecule has 0 bridgehead atoms. The zero-order valence-corrected chi connectivity index (χ0v) is 10.2. The number of anilines is 1. The van der Waals surface area contributed by atoms with Gasteiger partial charge in [0, 0.05) is 24.5 Å². The molecule has 2 unspecified atom stereocenters. The molecule has 1 aromatic rings. The topological polar surface area (TPSA) is 88.7 Å². The van der Waals surface area contributed by atoms with Gasteiger partial charge in [0.2, 0.25) is 0 Å². The van der Waals surface area contributed by atoms with Crippen LogP contribution < -0.4 is 10.6 Å². The number of rotatable bonds is 3. The van der Waals surface area contributed by atoms with Gasteiger partial charge >= 0.3 is 0 Å². The van der Waals surface area contributed by atoms with Crippen molar-refractivity contribution in [2.75, 3.05) is 24.7 Å². The fraction of sp³-hybridized carbons (Fsp3) is 0.500. The van der Waals surface area contributed by atoms with Crippen LogP contribution in [0.2, 0.25) is 0 Å². The first-order chi connectivity index (χ1) is 8.61. The van der Waals surface area contributed by atoms with E-state index in [1.165, 1.54) is 0 Å². The molecule has 1 aromatic heterocycles. The third-order valence-electron chi connectivity index (χ3n) is 3.04. The van der Waals surface area contributed by atoms with Crippen LogP contribution in [0.3, 0.4) is 0 Å². The molecule has 1 aliphatic rings. The van der Waals surface area contributed by atoms with Gasteiger partial charge < -0.3 is 20.5 Å². The quantitative estimate of drug-likeness (QED) is 0.774. The number of primary amides is 1. The Morgan fingerprint density at radius 1 is 1.72 bits per heavy atom. The lowest BCUT2D eigenvalue weighted by atomic mass is 10.1. The fourth-order valence-electron chi connectivity index (χ4n) is 2.02. The number of nitrogens with two attached hydrogens (primary N) is 1. The highest BCUT2D eigenvalue weighted by Gasteiger charge is 2.26. The summed E-state index contributed by atoms with van der Waals surface area (Å²) in [7, 11) is 0. The van der Waals surface area contributed by atoms with E-state index in [2.05, 4.69) is 9.88 Å². The smallest absolute Gasteiger partial charge is 0.267 e. The summed E-state index contributed by atoms with van der Waals surface area (Å²) in [6.07, 6.45) is 1.36. The molecular formula is C12H17N3O3. The van der Waals surface area contributed by atoms with Gasteiger partial charge in [-0.15, -0.1) is 0 Å². The molecule has 0 radical (unpaired) electrons. The van der Waals surface area contributed by atoms with Crippen LogP contribution in [0.4, 0.5) is 5.69 Å².